The second kappa shape index (κ2) is 8.15. The van der Waals surface area contributed by atoms with Crippen molar-refractivity contribution < 1.29 is 4.57 Å². The fraction of sp³-hybridized carbons (Fsp3) is 0.136. The second-order valence-corrected chi connectivity index (χ2v) is 8.69. The Morgan fingerprint density at radius 3 is 1.88 bits per heavy atom. The highest BCUT2D eigenvalue weighted by Crippen LogP contribution is 2.42. The molecule has 3 aromatic carbocycles. The number of benzene rings is 3. The summed E-state index contributed by atoms with van der Waals surface area (Å²) < 4.78 is 14.2. The van der Waals surface area contributed by atoms with E-state index in [1.165, 1.54) is 0 Å². The fourth-order valence-electron chi connectivity index (χ4n) is 3.09. The van der Waals surface area contributed by atoms with E-state index in [0.717, 1.165) is 21.7 Å². The average molecular weight is 360 g/mol. The highest BCUT2D eigenvalue weighted by molar-refractivity contribution is 7.76. The van der Waals surface area contributed by atoms with Gasteiger partial charge in [0.2, 0.25) is 7.29 Å². The lowest BCUT2D eigenvalue weighted by atomic mass is 10.0. The number of rotatable bonds is 6. The molecule has 1 N–H and O–H groups in total. The van der Waals surface area contributed by atoms with E-state index in [2.05, 4.69) is 11.2 Å². The standard InChI is InChI=1S/C22H21N2OP/c1-18-10-8-9-15-21(18)22(16-17-23)24-26(25,19-11-4-2-5-12-19)20-13-6-3-7-14-20/h2-15,22H,16H2,1H3,(H,24,25). The van der Waals surface area contributed by atoms with E-state index < -0.39 is 7.29 Å². The van der Waals surface area contributed by atoms with Crippen LogP contribution in [0.3, 0.4) is 0 Å². The van der Waals surface area contributed by atoms with Crippen LogP contribution in [0.1, 0.15) is 23.6 Å². The summed E-state index contributed by atoms with van der Waals surface area (Å²) in [4.78, 5) is 0. The molecular weight excluding hydrogens is 339 g/mol. The molecule has 1 unspecified atom stereocenters. The second-order valence-electron chi connectivity index (χ2n) is 6.18. The van der Waals surface area contributed by atoms with Crippen LogP contribution in [0.25, 0.3) is 0 Å². The van der Waals surface area contributed by atoms with Crippen LogP contribution in [0.2, 0.25) is 0 Å². The number of hydrogen-bond acceptors (Lipinski definition) is 2. The van der Waals surface area contributed by atoms with Crippen LogP contribution in [-0.4, -0.2) is 0 Å². The van der Waals surface area contributed by atoms with Crippen LogP contribution in [0.4, 0.5) is 0 Å². The maximum absolute atomic E-state index is 14.2. The fourth-order valence-corrected chi connectivity index (χ4v) is 5.54. The predicted octanol–water partition coefficient (Wildman–Crippen LogP) is 4.47. The van der Waals surface area contributed by atoms with Gasteiger partial charge in [0.1, 0.15) is 0 Å². The van der Waals surface area contributed by atoms with E-state index in [4.69, 9.17) is 0 Å². The van der Waals surface area contributed by atoms with Crippen molar-refractivity contribution in [2.75, 3.05) is 0 Å². The molecule has 0 fully saturated rings. The van der Waals surface area contributed by atoms with Crippen molar-refractivity contribution in [2.24, 2.45) is 0 Å². The number of hydrogen-bond donors (Lipinski definition) is 1. The maximum Gasteiger partial charge on any atom is 0.205 e. The van der Waals surface area contributed by atoms with Gasteiger partial charge in [-0.2, -0.15) is 5.26 Å². The molecule has 0 aliphatic heterocycles. The first-order valence-corrected chi connectivity index (χ1v) is 10.3. The van der Waals surface area contributed by atoms with E-state index >= 15 is 0 Å². The van der Waals surface area contributed by atoms with Crippen molar-refractivity contribution in [3.63, 3.8) is 0 Å². The first-order chi connectivity index (χ1) is 12.6. The summed E-state index contributed by atoms with van der Waals surface area (Å²) in [5.41, 5.74) is 2.08. The molecule has 4 heteroatoms. The Morgan fingerprint density at radius 2 is 1.38 bits per heavy atom. The number of nitrogens with one attached hydrogen (secondary N) is 1. The van der Waals surface area contributed by atoms with Crippen molar-refractivity contribution in [1.82, 2.24) is 5.09 Å². The number of nitriles is 1. The molecule has 0 aliphatic carbocycles. The highest BCUT2D eigenvalue weighted by atomic mass is 31.2. The zero-order chi connectivity index (χ0) is 18.4. The minimum absolute atomic E-state index is 0.245. The molecule has 0 saturated carbocycles. The summed E-state index contributed by atoms with van der Waals surface area (Å²) in [7, 11) is -3.10. The van der Waals surface area contributed by atoms with Gasteiger partial charge < -0.3 is 0 Å². The molecular formula is C22H21N2OP. The van der Waals surface area contributed by atoms with Gasteiger partial charge in [-0.1, -0.05) is 60.7 Å². The molecule has 0 heterocycles. The quantitative estimate of drug-likeness (QED) is 0.660. The van der Waals surface area contributed by atoms with Gasteiger partial charge in [-0.05, 0) is 42.3 Å². The molecule has 0 aliphatic rings. The zero-order valence-electron chi connectivity index (χ0n) is 14.7. The molecule has 0 amide bonds. The van der Waals surface area contributed by atoms with Gasteiger partial charge >= 0.3 is 0 Å². The first kappa shape index (κ1) is 18.1. The van der Waals surface area contributed by atoms with Gasteiger partial charge in [-0.25, -0.2) is 0 Å². The SMILES string of the molecule is Cc1ccccc1C(CC#N)NP(=O)(c1ccccc1)c1ccccc1. The van der Waals surface area contributed by atoms with Gasteiger partial charge in [0.05, 0.1) is 18.5 Å². The van der Waals surface area contributed by atoms with E-state index in [9.17, 15) is 9.83 Å². The third-order valence-corrected chi connectivity index (χ3v) is 7.16. The van der Waals surface area contributed by atoms with Crippen molar-refractivity contribution in [2.45, 2.75) is 19.4 Å². The Hall–Kier alpha value is -2.66. The molecule has 3 aromatic rings. The summed E-state index contributed by atoms with van der Waals surface area (Å²) in [6.45, 7) is 2.01. The Morgan fingerprint density at radius 1 is 0.885 bits per heavy atom. The molecule has 0 bridgehead atoms. The van der Waals surface area contributed by atoms with Gasteiger partial charge in [-0.3, -0.25) is 9.65 Å². The Balaban J connectivity index is 2.09. The van der Waals surface area contributed by atoms with Gasteiger partial charge in [-0.15, -0.1) is 0 Å². The Bertz CT molecular complexity index is 905. The Kier molecular flexibility index (Phi) is 5.68. The minimum atomic E-state index is -3.10. The molecule has 0 spiro atoms. The van der Waals surface area contributed by atoms with Crippen LogP contribution in [-0.2, 0) is 4.57 Å². The lowest BCUT2D eigenvalue weighted by Crippen LogP contribution is -2.30. The van der Waals surface area contributed by atoms with Crippen LogP contribution in [0, 0.1) is 18.3 Å². The number of aryl methyl sites for hydroxylation is 1. The lowest BCUT2D eigenvalue weighted by Gasteiger charge is -2.27. The highest BCUT2D eigenvalue weighted by Gasteiger charge is 2.31. The summed E-state index contributed by atoms with van der Waals surface area (Å²) in [6.07, 6.45) is 0.245. The van der Waals surface area contributed by atoms with Crippen LogP contribution in [0.15, 0.2) is 84.9 Å². The molecule has 0 radical (unpaired) electrons. The van der Waals surface area contributed by atoms with Crippen molar-refractivity contribution in [1.29, 1.82) is 5.26 Å². The molecule has 0 aromatic heterocycles. The molecule has 1 atom stereocenters. The maximum atomic E-state index is 14.2. The van der Waals surface area contributed by atoms with E-state index in [1.807, 2.05) is 91.9 Å². The molecule has 0 saturated heterocycles. The molecule has 3 nitrogen and oxygen atoms in total. The normalized spacial score (nSPS) is 12.3. The van der Waals surface area contributed by atoms with Crippen molar-refractivity contribution >= 4 is 17.9 Å². The van der Waals surface area contributed by atoms with E-state index in [-0.39, 0.29) is 12.5 Å². The van der Waals surface area contributed by atoms with Crippen LogP contribution in [0.5, 0.6) is 0 Å². The summed E-state index contributed by atoms with van der Waals surface area (Å²) in [6, 6.07) is 28.7. The molecule has 3 rings (SSSR count). The minimum Gasteiger partial charge on any atom is -0.297 e. The lowest BCUT2D eigenvalue weighted by molar-refractivity contribution is 0.562. The third kappa shape index (κ3) is 3.78. The monoisotopic (exact) mass is 360 g/mol. The third-order valence-electron chi connectivity index (χ3n) is 4.44. The molecule has 26 heavy (non-hydrogen) atoms. The topological polar surface area (TPSA) is 52.9 Å². The Labute approximate surface area is 154 Å². The summed E-state index contributed by atoms with van der Waals surface area (Å²) in [5, 5.41) is 14.2. The predicted molar refractivity (Wildman–Crippen MR) is 107 cm³/mol. The van der Waals surface area contributed by atoms with E-state index in [0.29, 0.717) is 0 Å². The largest absolute Gasteiger partial charge is 0.297 e. The van der Waals surface area contributed by atoms with E-state index in [1.54, 1.807) is 0 Å². The van der Waals surface area contributed by atoms with Gasteiger partial charge in [0.25, 0.3) is 0 Å². The van der Waals surface area contributed by atoms with Crippen LogP contribution < -0.4 is 15.7 Å². The summed E-state index contributed by atoms with van der Waals surface area (Å²) >= 11 is 0. The van der Waals surface area contributed by atoms with Crippen molar-refractivity contribution in [3.05, 3.63) is 96.1 Å². The van der Waals surface area contributed by atoms with Gasteiger partial charge in [0.15, 0.2) is 0 Å². The average Bonchev–Trinajstić information content (AvgIpc) is 2.69. The molecule has 130 valence electrons. The summed E-state index contributed by atoms with van der Waals surface area (Å²) in [5.74, 6) is 0. The van der Waals surface area contributed by atoms with Crippen LogP contribution >= 0.6 is 7.29 Å². The smallest absolute Gasteiger partial charge is 0.205 e. The number of nitrogens with zero attached hydrogens (tertiary/aromatic N) is 1. The van der Waals surface area contributed by atoms with Crippen molar-refractivity contribution in [3.8, 4) is 6.07 Å². The van der Waals surface area contributed by atoms with Gasteiger partial charge in [0, 0.05) is 10.6 Å². The zero-order valence-corrected chi connectivity index (χ0v) is 15.6. The first-order valence-electron chi connectivity index (χ1n) is 8.56.